The zero-order valence-electron chi connectivity index (χ0n) is 8.72. The topological polar surface area (TPSA) is 43.1 Å². The fourth-order valence-electron chi connectivity index (χ4n) is 0.895. The maximum atomic E-state index is 10.7. The molecule has 1 aromatic carbocycles. The molecule has 0 aromatic heterocycles. The van der Waals surface area contributed by atoms with Crippen molar-refractivity contribution >= 4 is 5.91 Å². The predicted molar refractivity (Wildman–Crippen MR) is 55.8 cm³/mol. The zero-order valence-corrected chi connectivity index (χ0v) is 8.72. The van der Waals surface area contributed by atoms with Crippen LogP contribution in [0.4, 0.5) is 0 Å². The van der Waals surface area contributed by atoms with E-state index in [1.54, 1.807) is 12.1 Å². The van der Waals surface area contributed by atoms with Crippen LogP contribution in [0.15, 0.2) is 18.2 Å². The molecule has 0 aliphatic rings. The smallest absolute Gasteiger partial charge is 0.248 e. The summed E-state index contributed by atoms with van der Waals surface area (Å²) in [5.41, 5.74) is 7.95. The molecule has 2 N–H and O–H groups in total. The second kappa shape index (κ2) is 5.36. The van der Waals surface area contributed by atoms with Gasteiger partial charge in [0, 0.05) is 5.56 Å². The normalized spacial score (nSPS) is 8.62. The maximum Gasteiger partial charge on any atom is 0.248 e. The summed E-state index contributed by atoms with van der Waals surface area (Å²) in [6.45, 7) is 7.96. The van der Waals surface area contributed by atoms with Crippen molar-refractivity contribution in [2.45, 2.75) is 27.7 Å². The Morgan fingerprint density at radius 1 is 1.15 bits per heavy atom. The Morgan fingerprint density at radius 2 is 1.69 bits per heavy atom. The van der Waals surface area contributed by atoms with Gasteiger partial charge in [0.2, 0.25) is 5.91 Å². The second-order valence-corrected chi connectivity index (χ2v) is 2.66. The summed E-state index contributed by atoms with van der Waals surface area (Å²) >= 11 is 0. The van der Waals surface area contributed by atoms with Gasteiger partial charge in [-0.2, -0.15) is 0 Å². The Bertz CT molecular complexity index is 292. The largest absolute Gasteiger partial charge is 0.366 e. The van der Waals surface area contributed by atoms with Crippen LogP contribution in [-0.2, 0) is 0 Å². The summed E-state index contributed by atoms with van der Waals surface area (Å²) in [7, 11) is 0. The van der Waals surface area contributed by atoms with Gasteiger partial charge in [-0.3, -0.25) is 4.79 Å². The molecule has 0 atom stereocenters. The average Bonchev–Trinajstić information content (AvgIpc) is 2.13. The van der Waals surface area contributed by atoms with E-state index in [1.807, 2.05) is 33.8 Å². The minimum atomic E-state index is -0.367. The molecule has 0 fully saturated rings. The lowest BCUT2D eigenvalue weighted by Crippen LogP contribution is -2.10. The monoisotopic (exact) mass is 179 g/mol. The lowest BCUT2D eigenvalue weighted by Gasteiger charge is -2.00. The highest BCUT2D eigenvalue weighted by Gasteiger charge is 2.00. The molecule has 0 saturated carbocycles. The third-order valence-corrected chi connectivity index (χ3v) is 1.79. The van der Waals surface area contributed by atoms with E-state index in [4.69, 9.17) is 5.73 Å². The molecular weight excluding hydrogens is 162 g/mol. The van der Waals surface area contributed by atoms with Crippen LogP contribution in [0.25, 0.3) is 0 Å². The molecular formula is C11H17NO. The number of benzene rings is 1. The number of rotatable bonds is 1. The van der Waals surface area contributed by atoms with Crippen molar-refractivity contribution < 1.29 is 4.79 Å². The Morgan fingerprint density at radius 3 is 2.08 bits per heavy atom. The van der Waals surface area contributed by atoms with Crippen LogP contribution in [0.3, 0.4) is 0 Å². The van der Waals surface area contributed by atoms with Gasteiger partial charge in [0.05, 0.1) is 0 Å². The van der Waals surface area contributed by atoms with Crippen LogP contribution in [0, 0.1) is 13.8 Å². The molecule has 0 aliphatic heterocycles. The minimum Gasteiger partial charge on any atom is -0.366 e. The van der Waals surface area contributed by atoms with Gasteiger partial charge < -0.3 is 5.73 Å². The molecule has 0 saturated heterocycles. The SMILES string of the molecule is CC.Cc1ccc(C(N)=O)cc1C. The highest BCUT2D eigenvalue weighted by molar-refractivity contribution is 5.92. The number of carbonyl (C=O) groups is 1. The molecule has 0 spiro atoms. The molecule has 0 aliphatic carbocycles. The molecule has 0 bridgehead atoms. The van der Waals surface area contributed by atoms with Gasteiger partial charge in [-0.15, -0.1) is 0 Å². The van der Waals surface area contributed by atoms with Gasteiger partial charge in [-0.05, 0) is 37.1 Å². The Hall–Kier alpha value is -1.31. The first-order valence-corrected chi connectivity index (χ1v) is 4.48. The highest BCUT2D eigenvalue weighted by atomic mass is 16.1. The van der Waals surface area contributed by atoms with Crippen molar-refractivity contribution in [2.75, 3.05) is 0 Å². The number of hydrogen-bond donors (Lipinski definition) is 1. The van der Waals surface area contributed by atoms with E-state index in [1.165, 1.54) is 5.56 Å². The van der Waals surface area contributed by atoms with E-state index in [-0.39, 0.29) is 5.91 Å². The van der Waals surface area contributed by atoms with Crippen LogP contribution < -0.4 is 5.73 Å². The first-order chi connectivity index (χ1) is 6.11. The Balaban J connectivity index is 0.000000671. The van der Waals surface area contributed by atoms with Crippen LogP contribution in [0.1, 0.15) is 35.3 Å². The fourth-order valence-corrected chi connectivity index (χ4v) is 0.895. The van der Waals surface area contributed by atoms with Crippen LogP contribution in [-0.4, -0.2) is 5.91 Å². The van der Waals surface area contributed by atoms with Gasteiger partial charge in [0.15, 0.2) is 0 Å². The molecule has 1 amide bonds. The van der Waals surface area contributed by atoms with Crippen LogP contribution in [0.5, 0.6) is 0 Å². The van der Waals surface area contributed by atoms with Gasteiger partial charge >= 0.3 is 0 Å². The lowest BCUT2D eigenvalue weighted by atomic mass is 10.1. The number of carbonyl (C=O) groups excluding carboxylic acids is 1. The summed E-state index contributed by atoms with van der Waals surface area (Å²) in [5, 5.41) is 0. The average molecular weight is 179 g/mol. The molecule has 0 heterocycles. The van der Waals surface area contributed by atoms with Crippen molar-refractivity contribution in [3.63, 3.8) is 0 Å². The van der Waals surface area contributed by atoms with Crippen molar-refractivity contribution in [2.24, 2.45) is 5.73 Å². The summed E-state index contributed by atoms with van der Waals surface area (Å²) in [6, 6.07) is 5.44. The van der Waals surface area contributed by atoms with Gasteiger partial charge in [0.1, 0.15) is 0 Å². The van der Waals surface area contributed by atoms with Crippen LogP contribution >= 0.6 is 0 Å². The van der Waals surface area contributed by atoms with E-state index in [0.717, 1.165) is 5.56 Å². The number of amides is 1. The third-order valence-electron chi connectivity index (χ3n) is 1.79. The maximum absolute atomic E-state index is 10.7. The van der Waals surface area contributed by atoms with E-state index in [0.29, 0.717) is 5.56 Å². The number of aryl methyl sites for hydroxylation is 2. The fraction of sp³-hybridized carbons (Fsp3) is 0.364. The predicted octanol–water partition coefficient (Wildman–Crippen LogP) is 2.43. The molecule has 2 nitrogen and oxygen atoms in total. The zero-order chi connectivity index (χ0) is 10.4. The van der Waals surface area contributed by atoms with Crippen molar-refractivity contribution in [3.05, 3.63) is 34.9 Å². The van der Waals surface area contributed by atoms with Crippen molar-refractivity contribution in [1.29, 1.82) is 0 Å². The second-order valence-electron chi connectivity index (χ2n) is 2.66. The van der Waals surface area contributed by atoms with E-state index in [9.17, 15) is 4.79 Å². The van der Waals surface area contributed by atoms with E-state index in [2.05, 4.69) is 0 Å². The Kier molecular flexibility index (Phi) is 4.82. The summed E-state index contributed by atoms with van der Waals surface area (Å²) < 4.78 is 0. The molecule has 72 valence electrons. The van der Waals surface area contributed by atoms with E-state index >= 15 is 0 Å². The summed E-state index contributed by atoms with van der Waals surface area (Å²) in [4.78, 5) is 10.7. The summed E-state index contributed by atoms with van der Waals surface area (Å²) in [5.74, 6) is -0.367. The minimum absolute atomic E-state index is 0.367. The van der Waals surface area contributed by atoms with Crippen molar-refractivity contribution in [1.82, 2.24) is 0 Å². The highest BCUT2D eigenvalue weighted by Crippen LogP contribution is 2.08. The number of primary amides is 1. The Labute approximate surface area is 79.8 Å². The quantitative estimate of drug-likeness (QED) is 0.707. The third kappa shape index (κ3) is 3.28. The molecule has 0 radical (unpaired) electrons. The summed E-state index contributed by atoms with van der Waals surface area (Å²) in [6.07, 6.45) is 0. The molecule has 1 rings (SSSR count). The van der Waals surface area contributed by atoms with Gasteiger partial charge in [0.25, 0.3) is 0 Å². The standard InChI is InChI=1S/C9H11NO.C2H6/c1-6-3-4-8(9(10)11)5-7(6)2;1-2/h3-5H,1-2H3,(H2,10,11);1-2H3. The van der Waals surface area contributed by atoms with Crippen LogP contribution in [0.2, 0.25) is 0 Å². The molecule has 1 aromatic rings. The van der Waals surface area contributed by atoms with E-state index < -0.39 is 0 Å². The molecule has 2 heteroatoms. The first-order valence-electron chi connectivity index (χ1n) is 4.48. The van der Waals surface area contributed by atoms with Gasteiger partial charge in [-0.1, -0.05) is 19.9 Å². The number of nitrogens with two attached hydrogens (primary N) is 1. The molecule has 0 unspecified atom stereocenters. The number of hydrogen-bond acceptors (Lipinski definition) is 1. The first kappa shape index (κ1) is 11.7. The van der Waals surface area contributed by atoms with Crippen molar-refractivity contribution in [3.8, 4) is 0 Å². The molecule has 13 heavy (non-hydrogen) atoms. The van der Waals surface area contributed by atoms with Gasteiger partial charge in [-0.25, -0.2) is 0 Å². The lowest BCUT2D eigenvalue weighted by molar-refractivity contribution is 0.1000.